The number of benzene rings is 1. The maximum Gasteiger partial charge on any atom is 0.247 e. The Morgan fingerprint density at radius 1 is 1.25 bits per heavy atom. The van der Waals surface area contributed by atoms with Gasteiger partial charge in [-0.2, -0.15) is 5.10 Å². The van der Waals surface area contributed by atoms with Gasteiger partial charge >= 0.3 is 0 Å². The van der Waals surface area contributed by atoms with E-state index in [1.807, 2.05) is 19.1 Å². The minimum Gasteiger partial charge on any atom is -0.419 e. The molecule has 1 fully saturated rings. The van der Waals surface area contributed by atoms with Crippen molar-refractivity contribution in [2.45, 2.75) is 52.7 Å². The smallest absolute Gasteiger partial charge is 0.247 e. The van der Waals surface area contributed by atoms with Crippen LogP contribution in [0.2, 0.25) is 10.2 Å². The van der Waals surface area contributed by atoms with Crippen LogP contribution in [-0.4, -0.2) is 36.8 Å². The zero-order chi connectivity index (χ0) is 22.8. The lowest BCUT2D eigenvalue weighted by Crippen LogP contribution is -2.31. The van der Waals surface area contributed by atoms with Crippen LogP contribution >= 0.6 is 23.2 Å². The molecule has 1 aliphatic carbocycles. The molecule has 0 aliphatic heterocycles. The van der Waals surface area contributed by atoms with E-state index in [4.69, 9.17) is 27.6 Å². The Morgan fingerprint density at radius 2 is 1.97 bits per heavy atom. The van der Waals surface area contributed by atoms with Crippen molar-refractivity contribution in [3.63, 3.8) is 0 Å². The second kappa shape index (κ2) is 9.46. The topological polar surface area (TPSA) is 77.1 Å². The minimum atomic E-state index is -0.120. The lowest BCUT2D eigenvalue weighted by molar-refractivity contribution is -0.127. The van der Waals surface area contributed by atoms with Gasteiger partial charge in [0.2, 0.25) is 17.7 Å². The fourth-order valence-corrected chi connectivity index (χ4v) is 3.85. The van der Waals surface area contributed by atoms with Crippen molar-refractivity contribution < 1.29 is 9.21 Å². The summed E-state index contributed by atoms with van der Waals surface area (Å²) in [4.78, 5) is 14.7. The number of hydrogen-bond donors (Lipinski definition) is 0. The lowest BCUT2D eigenvalue weighted by Gasteiger charge is -2.18. The number of rotatable bonds is 8. The molecule has 0 unspecified atom stereocenters. The fraction of sp³-hybridized carbons (Fsp3) is 0.391. The Morgan fingerprint density at radius 3 is 2.62 bits per heavy atom. The summed E-state index contributed by atoms with van der Waals surface area (Å²) < 4.78 is 7.57. The van der Waals surface area contributed by atoms with Crippen LogP contribution in [-0.2, 0) is 17.9 Å². The highest BCUT2D eigenvalue weighted by atomic mass is 35.5. The molecule has 0 N–H and O–H groups in total. The molecule has 168 valence electrons. The summed E-state index contributed by atoms with van der Waals surface area (Å²) in [5.74, 6) is 1.09. The van der Waals surface area contributed by atoms with Crippen LogP contribution < -0.4 is 0 Å². The van der Waals surface area contributed by atoms with E-state index in [0.29, 0.717) is 27.9 Å². The Bertz CT molecular complexity index is 1130. The fourth-order valence-electron chi connectivity index (χ4n) is 3.42. The van der Waals surface area contributed by atoms with E-state index in [2.05, 4.69) is 29.1 Å². The molecule has 1 aliphatic rings. The third-order valence-corrected chi connectivity index (χ3v) is 5.83. The van der Waals surface area contributed by atoms with Gasteiger partial charge in [-0.15, -0.1) is 10.2 Å². The van der Waals surface area contributed by atoms with Crippen LogP contribution in [0, 0.1) is 12.8 Å². The second-order valence-corrected chi connectivity index (χ2v) is 9.20. The molecular formula is C23H25Cl2N5O2. The first-order valence-corrected chi connectivity index (χ1v) is 11.4. The third-order valence-electron chi connectivity index (χ3n) is 5.17. The Balaban J connectivity index is 1.48. The molecule has 0 atom stereocenters. The molecule has 2 heterocycles. The normalized spacial score (nSPS) is 13.9. The number of carbonyl (C=O) groups is 1. The van der Waals surface area contributed by atoms with Gasteiger partial charge in [-0.25, -0.2) is 0 Å². The van der Waals surface area contributed by atoms with E-state index in [0.717, 1.165) is 36.2 Å². The van der Waals surface area contributed by atoms with Gasteiger partial charge in [-0.1, -0.05) is 37.0 Å². The third kappa shape index (κ3) is 5.22. The molecule has 0 saturated heterocycles. The molecule has 3 aromatic rings. The highest BCUT2D eigenvalue weighted by Gasteiger charge is 2.33. The van der Waals surface area contributed by atoms with Gasteiger partial charge in [0.25, 0.3) is 0 Å². The standard InChI is InChI=1S/C23H25Cl2N5O2/c1-14(2)12-30-22(25)19(15(3)28-30)10-11-21(31)29(18-8-9-18)13-20-26-27-23(32-20)16-4-6-17(24)7-5-16/h4-7,10-11,14,18H,8-9,12-13H2,1-3H3/b11-10+. The van der Waals surface area contributed by atoms with Crippen molar-refractivity contribution in [2.24, 2.45) is 5.92 Å². The molecule has 4 rings (SSSR count). The van der Waals surface area contributed by atoms with Crippen molar-refractivity contribution in [3.8, 4) is 11.5 Å². The average molecular weight is 474 g/mol. The van der Waals surface area contributed by atoms with Crippen LogP contribution in [0.5, 0.6) is 0 Å². The highest BCUT2D eigenvalue weighted by molar-refractivity contribution is 6.31. The molecule has 7 nitrogen and oxygen atoms in total. The zero-order valence-corrected chi connectivity index (χ0v) is 19.8. The number of halogens is 2. The summed E-state index contributed by atoms with van der Waals surface area (Å²) in [5, 5.41) is 13.9. The van der Waals surface area contributed by atoms with Gasteiger partial charge < -0.3 is 9.32 Å². The van der Waals surface area contributed by atoms with Gasteiger partial charge in [0.15, 0.2) is 0 Å². The van der Waals surface area contributed by atoms with Crippen LogP contribution in [0.1, 0.15) is 43.8 Å². The van der Waals surface area contributed by atoms with E-state index in [9.17, 15) is 4.79 Å². The number of hydrogen-bond acceptors (Lipinski definition) is 5. The average Bonchev–Trinajstić information content (AvgIpc) is 3.42. The van der Waals surface area contributed by atoms with Crippen LogP contribution in [0.15, 0.2) is 34.8 Å². The molecule has 0 radical (unpaired) electrons. The summed E-state index contributed by atoms with van der Waals surface area (Å²) in [6.07, 6.45) is 5.21. The SMILES string of the molecule is Cc1nn(CC(C)C)c(Cl)c1/C=C/C(=O)N(Cc1nnc(-c2ccc(Cl)cc2)o1)C1CC1. The number of aryl methyl sites for hydroxylation is 1. The Labute approximate surface area is 197 Å². The predicted molar refractivity (Wildman–Crippen MR) is 124 cm³/mol. The maximum absolute atomic E-state index is 13.0. The molecule has 1 amide bonds. The van der Waals surface area contributed by atoms with Crippen molar-refractivity contribution in [3.05, 3.63) is 57.7 Å². The van der Waals surface area contributed by atoms with Gasteiger partial charge in [-0.3, -0.25) is 9.48 Å². The van der Waals surface area contributed by atoms with Crippen molar-refractivity contribution in [1.29, 1.82) is 0 Å². The largest absolute Gasteiger partial charge is 0.419 e. The van der Waals surface area contributed by atoms with Gasteiger partial charge in [0, 0.05) is 34.8 Å². The van der Waals surface area contributed by atoms with Gasteiger partial charge in [0.05, 0.1) is 12.2 Å². The summed E-state index contributed by atoms with van der Waals surface area (Å²) in [6.45, 7) is 7.09. The molecule has 0 bridgehead atoms. The molecule has 0 spiro atoms. The van der Waals surface area contributed by atoms with Crippen molar-refractivity contribution in [2.75, 3.05) is 0 Å². The summed E-state index contributed by atoms with van der Waals surface area (Å²) >= 11 is 12.4. The predicted octanol–water partition coefficient (Wildman–Crippen LogP) is 5.41. The minimum absolute atomic E-state index is 0.120. The van der Waals surface area contributed by atoms with Crippen LogP contribution in [0.4, 0.5) is 0 Å². The molecule has 32 heavy (non-hydrogen) atoms. The highest BCUT2D eigenvalue weighted by Crippen LogP contribution is 2.30. The van der Waals surface area contributed by atoms with E-state index < -0.39 is 0 Å². The first-order valence-electron chi connectivity index (χ1n) is 10.6. The monoisotopic (exact) mass is 473 g/mol. The molecule has 2 aromatic heterocycles. The van der Waals surface area contributed by atoms with E-state index >= 15 is 0 Å². The second-order valence-electron chi connectivity index (χ2n) is 8.40. The Hall–Kier alpha value is -2.64. The summed E-state index contributed by atoms with van der Waals surface area (Å²) in [6, 6.07) is 7.35. The number of nitrogens with zero attached hydrogens (tertiary/aromatic N) is 5. The van der Waals surface area contributed by atoms with Crippen molar-refractivity contribution >= 4 is 35.2 Å². The van der Waals surface area contributed by atoms with Crippen molar-refractivity contribution in [1.82, 2.24) is 24.9 Å². The van der Waals surface area contributed by atoms with E-state index in [1.54, 1.807) is 33.9 Å². The molecule has 9 heteroatoms. The number of aromatic nitrogens is 4. The van der Waals surface area contributed by atoms with Gasteiger partial charge in [-0.05, 0) is 56.0 Å². The van der Waals surface area contributed by atoms with Crippen LogP contribution in [0.3, 0.4) is 0 Å². The van der Waals surface area contributed by atoms with E-state index in [-0.39, 0.29) is 18.5 Å². The zero-order valence-electron chi connectivity index (χ0n) is 18.3. The first-order chi connectivity index (χ1) is 15.3. The lowest BCUT2D eigenvalue weighted by atomic mass is 10.2. The first kappa shape index (κ1) is 22.6. The van der Waals surface area contributed by atoms with E-state index in [1.165, 1.54) is 0 Å². The number of carbonyl (C=O) groups excluding carboxylic acids is 1. The molecule has 1 saturated carbocycles. The quantitative estimate of drug-likeness (QED) is 0.408. The van der Waals surface area contributed by atoms with Gasteiger partial charge in [0.1, 0.15) is 5.15 Å². The van der Waals surface area contributed by atoms with Crippen LogP contribution in [0.25, 0.3) is 17.5 Å². The molecule has 1 aromatic carbocycles. The maximum atomic E-state index is 13.0. The Kier molecular flexibility index (Phi) is 6.67. The number of amides is 1. The summed E-state index contributed by atoms with van der Waals surface area (Å²) in [5.41, 5.74) is 2.34. The molecular weight excluding hydrogens is 449 g/mol. The summed E-state index contributed by atoms with van der Waals surface area (Å²) in [7, 11) is 0.